The van der Waals surface area contributed by atoms with Crippen LogP contribution in [0, 0.1) is 0 Å². The first-order valence-electron chi connectivity index (χ1n) is 10.7. The van der Waals surface area contributed by atoms with Gasteiger partial charge in [-0.25, -0.2) is 13.1 Å². The van der Waals surface area contributed by atoms with Gasteiger partial charge in [-0.05, 0) is 55.4 Å². The van der Waals surface area contributed by atoms with Crippen molar-refractivity contribution in [2.45, 2.75) is 48.3 Å². The van der Waals surface area contributed by atoms with Crippen molar-refractivity contribution in [1.82, 2.24) is 9.29 Å². The number of nitrogens with one attached hydrogen (secondary N) is 1. The highest BCUT2D eigenvalue weighted by atomic mass is 32.2. The highest BCUT2D eigenvalue weighted by molar-refractivity contribution is 7.90. The largest absolute Gasteiger partial charge is 0.496 e. The minimum Gasteiger partial charge on any atom is -0.496 e. The second kappa shape index (κ2) is 7.12. The summed E-state index contributed by atoms with van der Waals surface area (Å²) in [6.07, 6.45) is 6.55. The van der Waals surface area contributed by atoms with Crippen molar-refractivity contribution >= 4 is 26.8 Å². The molecule has 1 aromatic heterocycles. The summed E-state index contributed by atoms with van der Waals surface area (Å²) < 4.78 is 36.1. The van der Waals surface area contributed by atoms with Crippen LogP contribution >= 0.6 is 0 Å². The predicted octanol–water partition coefficient (Wildman–Crippen LogP) is 3.99. The average molecular weight is 439 g/mol. The lowest BCUT2D eigenvalue weighted by Crippen LogP contribution is -2.39. The zero-order valence-corrected chi connectivity index (χ0v) is 18.5. The number of hydrogen-bond donors (Lipinski definition) is 1. The minimum absolute atomic E-state index is 0.108. The molecular formula is C24H26N2O4S. The van der Waals surface area contributed by atoms with Gasteiger partial charge in [0.05, 0.1) is 18.0 Å². The monoisotopic (exact) mass is 438 g/mol. The zero-order valence-electron chi connectivity index (χ0n) is 17.7. The van der Waals surface area contributed by atoms with Gasteiger partial charge in [-0.15, -0.1) is 0 Å². The van der Waals surface area contributed by atoms with Gasteiger partial charge in [0, 0.05) is 24.2 Å². The van der Waals surface area contributed by atoms with Gasteiger partial charge >= 0.3 is 0 Å². The Balaban J connectivity index is 1.50. The summed E-state index contributed by atoms with van der Waals surface area (Å²) in [7, 11) is -0.650. The number of sulfonamides is 1. The summed E-state index contributed by atoms with van der Waals surface area (Å²) in [6.45, 7) is 0. The van der Waals surface area contributed by atoms with E-state index in [4.69, 9.17) is 4.74 Å². The van der Waals surface area contributed by atoms with Crippen LogP contribution in [-0.2, 0) is 27.3 Å². The standard InChI is InChI=1S/C24H26N2O4S/c1-26-14-11-17-7-4-8-21(22(17)26)31(28,29)25-23(27)24(12-13-24)19-15-18(16-5-3-6-16)9-10-20(19)30-2/h4,7-11,14-16H,3,5-6,12-13H2,1-2H3,(H,25,27). The second-order valence-electron chi connectivity index (χ2n) is 8.72. The normalized spacial score (nSPS) is 17.9. The number of carbonyl (C=O) groups excluding carboxylic acids is 1. The summed E-state index contributed by atoms with van der Waals surface area (Å²) >= 11 is 0. The third kappa shape index (κ3) is 3.22. The summed E-state index contributed by atoms with van der Waals surface area (Å²) in [5.74, 6) is 0.669. The van der Waals surface area contributed by atoms with Crippen molar-refractivity contribution in [2.75, 3.05) is 7.11 Å². The molecule has 2 saturated carbocycles. The Bertz CT molecular complexity index is 1280. The number of benzene rings is 2. The van der Waals surface area contributed by atoms with E-state index >= 15 is 0 Å². The number of para-hydroxylation sites is 1. The Labute approximate surface area is 182 Å². The molecule has 162 valence electrons. The quantitative estimate of drug-likeness (QED) is 0.631. The molecule has 7 heteroatoms. The number of hydrogen-bond acceptors (Lipinski definition) is 4. The van der Waals surface area contributed by atoms with E-state index in [1.807, 2.05) is 24.4 Å². The van der Waals surface area contributed by atoms with E-state index in [1.165, 1.54) is 18.1 Å². The first kappa shape index (κ1) is 20.1. The highest BCUT2D eigenvalue weighted by Crippen LogP contribution is 2.53. The number of fused-ring (bicyclic) bond motifs is 1. The fraction of sp³-hybridized carbons (Fsp3) is 0.375. The Morgan fingerprint density at radius 2 is 1.94 bits per heavy atom. The maximum absolute atomic E-state index is 13.4. The molecule has 5 rings (SSSR count). The molecule has 2 aliphatic rings. The molecule has 3 aromatic rings. The summed E-state index contributed by atoms with van der Waals surface area (Å²) in [5.41, 5.74) is 1.72. The molecule has 1 amide bonds. The van der Waals surface area contributed by atoms with Crippen molar-refractivity contribution in [2.24, 2.45) is 7.05 Å². The molecule has 0 atom stereocenters. The first-order valence-corrected chi connectivity index (χ1v) is 12.1. The molecule has 0 bridgehead atoms. The number of aryl methyl sites for hydroxylation is 1. The van der Waals surface area contributed by atoms with E-state index in [9.17, 15) is 13.2 Å². The first-order chi connectivity index (χ1) is 14.9. The molecule has 1 heterocycles. The van der Waals surface area contributed by atoms with Gasteiger partial charge in [0.15, 0.2) is 0 Å². The predicted molar refractivity (Wildman–Crippen MR) is 119 cm³/mol. The Hall–Kier alpha value is -2.80. The van der Waals surface area contributed by atoms with Crippen molar-refractivity contribution in [1.29, 1.82) is 0 Å². The highest BCUT2D eigenvalue weighted by Gasteiger charge is 2.54. The van der Waals surface area contributed by atoms with E-state index in [0.717, 1.165) is 23.8 Å². The summed E-state index contributed by atoms with van der Waals surface area (Å²) in [5, 5.41) is 0.814. The van der Waals surface area contributed by atoms with Crippen LogP contribution in [0.3, 0.4) is 0 Å². The van der Waals surface area contributed by atoms with Gasteiger partial charge in [-0.2, -0.15) is 0 Å². The lowest BCUT2D eigenvalue weighted by Gasteiger charge is -2.28. The van der Waals surface area contributed by atoms with Gasteiger partial charge in [0.1, 0.15) is 10.6 Å². The Morgan fingerprint density at radius 3 is 2.58 bits per heavy atom. The number of carbonyl (C=O) groups is 1. The van der Waals surface area contributed by atoms with Crippen LogP contribution in [-0.4, -0.2) is 26.0 Å². The van der Waals surface area contributed by atoms with Gasteiger partial charge in [0.2, 0.25) is 5.91 Å². The molecule has 0 saturated heterocycles. The molecule has 1 N–H and O–H groups in total. The molecule has 2 aromatic carbocycles. The van der Waals surface area contributed by atoms with E-state index in [1.54, 1.807) is 24.8 Å². The van der Waals surface area contributed by atoms with Crippen molar-refractivity contribution in [3.05, 3.63) is 59.8 Å². The molecule has 6 nitrogen and oxygen atoms in total. The van der Waals surface area contributed by atoms with Crippen LogP contribution in [0.15, 0.2) is 53.6 Å². The molecule has 0 unspecified atom stereocenters. The molecule has 31 heavy (non-hydrogen) atoms. The number of amides is 1. The number of ether oxygens (including phenoxy) is 1. The number of aromatic nitrogens is 1. The van der Waals surface area contributed by atoms with Crippen molar-refractivity contribution in [3.8, 4) is 5.75 Å². The third-order valence-corrected chi connectivity index (χ3v) is 8.24. The second-order valence-corrected chi connectivity index (χ2v) is 10.4. The molecular weight excluding hydrogens is 412 g/mol. The Kier molecular flexibility index (Phi) is 4.62. The van der Waals surface area contributed by atoms with E-state index in [0.29, 0.717) is 30.0 Å². The number of methoxy groups -OCH3 is 1. The van der Waals surface area contributed by atoms with Crippen molar-refractivity contribution in [3.63, 3.8) is 0 Å². The molecule has 0 aliphatic heterocycles. The molecule has 0 spiro atoms. The van der Waals surface area contributed by atoms with Crippen LogP contribution < -0.4 is 9.46 Å². The van der Waals surface area contributed by atoms with E-state index < -0.39 is 21.3 Å². The topological polar surface area (TPSA) is 77.4 Å². The third-order valence-electron chi connectivity index (χ3n) is 6.88. The van der Waals surface area contributed by atoms with Crippen LogP contribution in [0.2, 0.25) is 0 Å². The van der Waals surface area contributed by atoms with Crippen LogP contribution in [0.5, 0.6) is 5.75 Å². The smallest absolute Gasteiger partial charge is 0.266 e. The van der Waals surface area contributed by atoms with Crippen LogP contribution in [0.4, 0.5) is 0 Å². The van der Waals surface area contributed by atoms with Crippen LogP contribution in [0.25, 0.3) is 10.9 Å². The van der Waals surface area contributed by atoms with Crippen LogP contribution in [0.1, 0.15) is 49.1 Å². The molecule has 2 fully saturated rings. The zero-order chi connectivity index (χ0) is 21.8. The maximum Gasteiger partial charge on any atom is 0.266 e. The molecule has 0 radical (unpaired) electrons. The van der Waals surface area contributed by atoms with Gasteiger partial charge in [-0.1, -0.05) is 30.7 Å². The molecule has 2 aliphatic carbocycles. The summed E-state index contributed by atoms with van der Waals surface area (Å²) in [6, 6.07) is 13.0. The maximum atomic E-state index is 13.4. The van der Waals surface area contributed by atoms with E-state index in [-0.39, 0.29) is 4.90 Å². The average Bonchev–Trinajstić information content (AvgIpc) is 3.44. The minimum atomic E-state index is -4.03. The van der Waals surface area contributed by atoms with Crippen molar-refractivity contribution < 1.29 is 17.9 Å². The SMILES string of the molecule is COc1ccc(C2CCC2)cc1C1(C(=O)NS(=O)(=O)c2cccc3ccn(C)c23)CC1. The number of nitrogens with zero attached hydrogens (tertiary/aromatic N) is 1. The van der Waals surface area contributed by atoms with Gasteiger partial charge in [-0.3, -0.25) is 4.79 Å². The van der Waals surface area contributed by atoms with E-state index in [2.05, 4.69) is 16.9 Å². The fourth-order valence-electron chi connectivity index (χ4n) is 4.65. The lowest BCUT2D eigenvalue weighted by molar-refractivity contribution is -0.121. The Morgan fingerprint density at radius 1 is 1.16 bits per heavy atom. The lowest BCUT2D eigenvalue weighted by atomic mass is 9.78. The fourth-order valence-corrected chi connectivity index (χ4v) is 5.97. The summed E-state index contributed by atoms with van der Waals surface area (Å²) in [4.78, 5) is 13.5. The number of rotatable bonds is 6. The van der Waals surface area contributed by atoms with Gasteiger partial charge in [0.25, 0.3) is 10.0 Å². The van der Waals surface area contributed by atoms with Gasteiger partial charge < -0.3 is 9.30 Å².